The molecule has 0 aromatic heterocycles. The average Bonchev–Trinajstić information content (AvgIpc) is 2.47. The van der Waals surface area contributed by atoms with Crippen LogP contribution in [0.2, 0.25) is 0 Å². The monoisotopic (exact) mass is 238 g/mol. The van der Waals surface area contributed by atoms with Gasteiger partial charge in [-0.15, -0.1) is 0 Å². The number of aldehydes is 1. The first kappa shape index (κ1) is 11.0. The summed E-state index contributed by atoms with van der Waals surface area (Å²) in [4.78, 5) is 11.0. The minimum atomic E-state index is 0.0554. The van der Waals surface area contributed by atoms with E-state index < -0.39 is 0 Å². The van der Waals surface area contributed by atoms with Gasteiger partial charge in [0.05, 0.1) is 5.56 Å². The van der Waals surface area contributed by atoms with Crippen molar-refractivity contribution in [3.8, 4) is 5.75 Å². The molecule has 0 aliphatic carbocycles. The van der Waals surface area contributed by atoms with Crippen molar-refractivity contribution in [1.82, 2.24) is 0 Å². The van der Waals surface area contributed by atoms with Crippen LogP contribution in [-0.4, -0.2) is 6.29 Å². The molecule has 2 aromatic carbocycles. The van der Waals surface area contributed by atoms with E-state index >= 15 is 0 Å². The fourth-order valence-electron chi connectivity index (χ4n) is 2.43. The van der Waals surface area contributed by atoms with Gasteiger partial charge in [-0.05, 0) is 30.0 Å². The molecule has 2 nitrogen and oxygen atoms in total. The normalized spacial score (nSPS) is 17.7. The van der Waals surface area contributed by atoms with Gasteiger partial charge in [-0.25, -0.2) is 0 Å². The fourth-order valence-corrected chi connectivity index (χ4v) is 2.43. The number of aryl methyl sites for hydroxylation is 1. The Balaban J connectivity index is 1.95. The molecule has 0 radical (unpaired) electrons. The first-order valence-corrected chi connectivity index (χ1v) is 6.17. The molecule has 2 aromatic rings. The summed E-state index contributed by atoms with van der Waals surface area (Å²) < 4.78 is 6.01. The molecule has 90 valence electrons. The summed E-state index contributed by atoms with van der Waals surface area (Å²) in [5.74, 6) is 0.757. The highest BCUT2D eigenvalue weighted by Gasteiger charge is 2.22. The van der Waals surface area contributed by atoms with Gasteiger partial charge in [-0.1, -0.05) is 42.5 Å². The summed E-state index contributed by atoms with van der Waals surface area (Å²) in [5.41, 5.74) is 2.95. The van der Waals surface area contributed by atoms with Crippen molar-refractivity contribution in [2.45, 2.75) is 18.9 Å². The summed E-state index contributed by atoms with van der Waals surface area (Å²) in [6.07, 6.45) is 2.84. The van der Waals surface area contributed by atoms with Gasteiger partial charge in [0.25, 0.3) is 0 Å². The first-order valence-electron chi connectivity index (χ1n) is 6.17. The number of hydrogen-bond donors (Lipinski definition) is 0. The molecule has 2 heteroatoms. The predicted octanol–water partition coefficient (Wildman–Crippen LogP) is 3.57. The van der Waals surface area contributed by atoms with Crippen molar-refractivity contribution in [3.05, 3.63) is 65.2 Å². The number of rotatable bonds is 2. The maximum absolute atomic E-state index is 11.0. The molecule has 3 rings (SSSR count). The van der Waals surface area contributed by atoms with Crippen molar-refractivity contribution < 1.29 is 9.53 Å². The van der Waals surface area contributed by atoms with Gasteiger partial charge in [0.2, 0.25) is 0 Å². The van der Waals surface area contributed by atoms with E-state index in [0.717, 1.165) is 30.4 Å². The van der Waals surface area contributed by atoms with E-state index in [0.29, 0.717) is 5.56 Å². The second kappa shape index (κ2) is 4.65. The Labute approximate surface area is 106 Å². The topological polar surface area (TPSA) is 26.3 Å². The van der Waals surface area contributed by atoms with Crippen LogP contribution in [0, 0.1) is 0 Å². The molecule has 18 heavy (non-hydrogen) atoms. The Bertz CT molecular complexity index is 561. The maximum atomic E-state index is 11.0. The van der Waals surface area contributed by atoms with Crippen molar-refractivity contribution in [3.63, 3.8) is 0 Å². The second-order valence-corrected chi connectivity index (χ2v) is 4.51. The Hall–Kier alpha value is -2.09. The molecule has 0 amide bonds. The van der Waals surface area contributed by atoms with E-state index in [1.54, 1.807) is 6.07 Å². The molecule has 0 saturated carbocycles. The lowest BCUT2D eigenvalue weighted by atomic mass is 9.96. The zero-order chi connectivity index (χ0) is 12.4. The van der Waals surface area contributed by atoms with Gasteiger partial charge >= 0.3 is 0 Å². The summed E-state index contributed by atoms with van der Waals surface area (Å²) in [6, 6.07) is 15.9. The standard InChI is InChI=1S/C16H14O2/c17-11-14-8-4-7-13-9-10-15(18-16(13)14)12-5-2-1-3-6-12/h1-8,11,15H,9-10H2/t15-/m0/s1. The highest BCUT2D eigenvalue weighted by Crippen LogP contribution is 2.36. The Morgan fingerprint density at radius 1 is 1.06 bits per heavy atom. The summed E-state index contributed by atoms with van der Waals surface area (Å²) >= 11 is 0. The number of hydrogen-bond acceptors (Lipinski definition) is 2. The average molecular weight is 238 g/mol. The molecule has 0 unspecified atom stereocenters. The Kier molecular flexibility index (Phi) is 2.85. The lowest BCUT2D eigenvalue weighted by molar-refractivity contribution is 0.111. The Morgan fingerprint density at radius 2 is 1.89 bits per heavy atom. The molecule has 0 bridgehead atoms. The third-order valence-corrected chi connectivity index (χ3v) is 3.36. The van der Waals surface area contributed by atoms with E-state index in [9.17, 15) is 4.79 Å². The molecule has 0 fully saturated rings. The molecule has 0 saturated heterocycles. The van der Waals surface area contributed by atoms with Crippen LogP contribution < -0.4 is 4.74 Å². The summed E-state index contributed by atoms with van der Waals surface area (Å²) in [6.45, 7) is 0. The van der Waals surface area contributed by atoms with Crippen molar-refractivity contribution in [1.29, 1.82) is 0 Å². The van der Waals surface area contributed by atoms with Crippen LogP contribution in [0.4, 0.5) is 0 Å². The number of carbonyl (C=O) groups is 1. The molecule has 1 atom stereocenters. The zero-order valence-corrected chi connectivity index (χ0v) is 10.0. The number of benzene rings is 2. The fraction of sp³-hybridized carbons (Fsp3) is 0.188. The highest BCUT2D eigenvalue weighted by atomic mass is 16.5. The quantitative estimate of drug-likeness (QED) is 0.748. The lowest BCUT2D eigenvalue weighted by Gasteiger charge is -2.27. The first-order chi connectivity index (χ1) is 8.88. The van der Waals surface area contributed by atoms with Crippen molar-refractivity contribution >= 4 is 6.29 Å². The molecule has 1 heterocycles. The number of carbonyl (C=O) groups excluding carboxylic acids is 1. The zero-order valence-electron chi connectivity index (χ0n) is 10.0. The summed E-state index contributed by atoms with van der Waals surface area (Å²) in [5, 5.41) is 0. The molecule has 1 aliphatic rings. The smallest absolute Gasteiger partial charge is 0.153 e. The van der Waals surface area contributed by atoms with Crippen LogP contribution in [-0.2, 0) is 6.42 Å². The third-order valence-electron chi connectivity index (χ3n) is 3.36. The maximum Gasteiger partial charge on any atom is 0.153 e. The van der Waals surface area contributed by atoms with Gasteiger partial charge in [0, 0.05) is 0 Å². The molecule has 0 N–H and O–H groups in total. The van der Waals surface area contributed by atoms with Gasteiger partial charge in [-0.3, -0.25) is 4.79 Å². The number of fused-ring (bicyclic) bond motifs is 1. The van der Waals surface area contributed by atoms with Gasteiger partial charge in [0.1, 0.15) is 11.9 Å². The van der Waals surface area contributed by atoms with Gasteiger partial charge in [0.15, 0.2) is 6.29 Å². The van der Waals surface area contributed by atoms with Crippen LogP contribution >= 0.6 is 0 Å². The highest BCUT2D eigenvalue weighted by molar-refractivity contribution is 5.80. The lowest BCUT2D eigenvalue weighted by Crippen LogP contribution is -2.16. The van der Waals surface area contributed by atoms with Crippen molar-refractivity contribution in [2.24, 2.45) is 0 Å². The molecule has 0 spiro atoms. The number of para-hydroxylation sites is 1. The molecular formula is C16H14O2. The van der Waals surface area contributed by atoms with Crippen LogP contribution in [0.1, 0.15) is 34.0 Å². The minimum Gasteiger partial charge on any atom is -0.485 e. The van der Waals surface area contributed by atoms with E-state index in [1.165, 1.54) is 5.56 Å². The van der Waals surface area contributed by atoms with E-state index in [1.807, 2.05) is 30.3 Å². The van der Waals surface area contributed by atoms with Crippen LogP contribution in [0.25, 0.3) is 0 Å². The largest absolute Gasteiger partial charge is 0.485 e. The van der Waals surface area contributed by atoms with E-state index in [2.05, 4.69) is 12.1 Å². The SMILES string of the molecule is O=Cc1cccc2c1O[C@H](c1ccccc1)CC2. The van der Waals surface area contributed by atoms with Crippen molar-refractivity contribution in [2.75, 3.05) is 0 Å². The van der Waals surface area contributed by atoms with Gasteiger partial charge in [-0.2, -0.15) is 0 Å². The van der Waals surface area contributed by atoms with Gasteiger partial charge < -0.3 is 4.74 Å². The van der Waals surface area contributed by atoms with E-state index in [-0.39, 0.29) is 6.10 Å². The van der Waals surface area contributed by atoms with Crippen LogP contribution in [0.3, 0.4) is 0 Å². The molecular weight excluding hydrogens is 224 g/mol. The molecule has 1 aliphatic heterocycles. The number of ether oxygens (including phenoxy) is 1. The third kappa shape index (κ3) is 1.90. The van der Waals surface area contributed by atoms with E-state index in [4.69, 9.17) is 4.74 Å². The van der Waals surface area contributed by atoms with Crippen LogP contribution in [0.15, 0.2) is 48.5 Å². The second-order valence-electron chi connectivity index (χ2n) is 4.51. The minimum absolute atomic E-state index is 0.0554. The predicted molar refractivity (Wildman–Crippen MR) is 70.0 cm³/mol. The Morgan fingerprint density at radius 3 is 2.67 bits per heavy atom. The van der Waals surface area contributed by atoms with Crippen LogP contribution in [0.5, 0.6) is 5.75 Å². The summed E-state index contributed by atoms with van der Waals surface area (Å²) in [7, 11) is 0.